The number of rotatable bonds is 5. The molecule has 1 saturated heterocycles. The van der Waals surface area contributed by atoms with Gasteiger partial charge in [0.05, 0.1) is 6.61 Å². The van der Waals surface area contributed by atoms with Crippen molar-refractivity contribution in [2.45, 2.75) is 32.5 Å². The van der Waals surface area contributed by atoms with Crippen molar-refractivity contribution in [1.29, 1.82) is 0 Å². The summed E-state index contributed by atoms with van der Waals surface area (Å²) >= 11 is 0. The van der Waals surface area contributed by atoms with Crippen molar-refractivity contribution in [3.63, 3.8) is 0 Å². The van der Waals surface area contributed by atoms with Crippen LogP contribution < -0.4 is 0 Å². The quantitative estimate of drug-likeness (QED) is 0.303. The van der Waals surface area contributed by atoms with E-state index < -0.39 is 0 Å². The fourth-order valence-corrected chi connectivity index (χ4v) is 1.36. The van der Waals surface area contributed by atoms with E-state index in [0.29, 0.717) is 13.2 Å². The normalized spacial score (nSPS) is 22.2. The molecule has 5 heteroatoms. The Labute approximate surface area is 89.7 Å². The number of azide groups is 1. The van der Waals surface area contributed by atoms with Crippen LogP contribution in [0.4, 0.5) is 0 Å². The van der Waals surface area contributed by atoms with Gasteiger partial charge in [0.2, 0.25) is 0 Å². The van der Waals surface area contributed by atoms with Crippen LogP contribution in [0, 0.1) is 0 Å². The monoisotopic (exact) mass is 211 g/mol. The second-order valence-corrected chi connectivity index (χ2v) is 3.57. The van der Waals surface area contributed by atoms with E-state index in [1.54, 1.807) is 0 Å². The van der Waals surface area contributed by atoms with Gasteiger partial charge >= 0.3 is 0 Å². The second kappa shape index (κ2) is 7.29. The average Bonchev–Trinajstić information content (AvgIpc) is 2.28. The Kier molecular flexibility index (Phi) is 5.85. The van der Waals surface area contributed by atoms with Crippen LogP contribution in [0.3, 0.4) is 0 Å². The standard InChI is InChI=1S/C10H17N3O2/c1-9(5-6-12-13-11)8-15-10-4-2-3-7-14-10/h5,10H,2-4,6-8H2,1H3. The smallest absolute Gasteiger partial charge is 0.158 e. The lowest BCUT2D eigenvalue weighted by Gasteiger charge is -2.22. The molecule has 0 aromatic heterocycles. The maximum Gasteiger partial charge on any atom is 0.158 e. The van der Waals surface area contributed by atoms with Crippen molar-refractivity contribution in [1.82, 2.24) is 0 Å². The van der Waals surface area contributed by atoms with E-state index in [2.05, 4.69) is 10.0 Å². The molecule has 1 fully saturated rings. The van der Waals surface area contributed by atoms with Gasteiger partial charge in [0.1, 0.15) is 0 Å². The van der Waals surface area contributed by atoms with Crippen molar-refractivity contribution in [3.05, 3.63) is 22.1 Å². The minimum Gasteiger partial charge on any atom is -0.353 e. The Morgan fingerprint density at radius 3 is 3.20 bits per heavy atom. The van der Waals surface area contributed by atoms with Crippen molar-refractivity contribution < 1.29 is 9.47 Å². The van der Waals surface area contributed by atoms with Gasteiger partial charge in [0, 0.05) is 18.1 Å². The van der Waals surface area contributed by atoms with Gasteiger partial charge in [-0.1, -0.05) is 16.8 Å². The minimum atomic E-state index is -0.0541. The first-order chi connectivity index (χ1) is 7.33. The highest BCUT2D eigenvalue weighted by molar-refractivity contribution is 4.99. The van der Waals surface area contributed by atoms with Crippen LogP contribution in [-0.2, 0) is 9.47 Å². The van der Waals surface area contributed by atoms with Crippen molar-refractivity contribution >= 4 is 0 Å². The molecule has 1 unspecified atom stereocenters. The topological polar surface area (TPSA) is 67.2 Å². The van der Waals surface area contributed by atoms with E-state index in [1.165, 1.54) is 6.42 Å². The van der Waals surface area contributed by atoms with E-state index >= 15 is 0 Å². The minimum absolute atomic E-state index is 0.0541. The van der Waals surface area contributed by atoms with Crippen molar-refractivity contribution in [2.24, 2.45) is 5.11 Å². The summed E-state index contributed by atoms with van der Waals surface area (Å²) < 4.78 is 11.0. The zero-order valence-electron chi connectivity index (χ0n) is 9.06. The van der Waals surface area contributed by atoms with E-state index in [0.717, 1.165) is 25.0 Å². The Bertz CT molecular complexity index is 253. The molecule has 1 aliphatic rings. The van der Waals surface area contributed by atoms with Gasteiger partial charge in [-0.2, -0.15) is 0 Å². The van der Waals surface area contributed by atoms with Gasteiger partial charge in [-0.25, -0.2) is 0 Å². The summed E-state index contributed by atoms with van der Waals surface area (Å²) in [6, 6.07) is 0. The van der Waals surface area contributed by atoms with Crippen LogP contribution in [0.25, 0.3) is 10.4 Å². The van der Waals surface area contributed by atoms with Crippen LogP contribution in [0.15, 0.2) is 16.8 Å². The highest BCUT2D eigenvalue weighted by Crippen LogP contribution is 2.14. The molecular weight excluding hydrogens is 194 g/mol. The third-order valence-corrected chi connectivity index (χ3v) is 2.22. The molecule has 0 aliphatic carbocycles. The molecule has 84 valence electrons. The molecular formula is C10H17N3O2. The molecule has 1 aliphatic heterocycles. The zero-order chi connectivity index (χ0) is 10.9. The van der Waals surface area contributed by atoms with Crippen LogP contribution >= 0.6 is 0 Å². The Morgan fingerprint density at radius 1 is 1.67 bits per heavy atom. The number of hydrogen-bond donors (Lipinski definition) is 0. The van der Waals surface area contributed by atoms with Gasteiger partial charge in [-0.15, -0.1) is 0 Å². The molecule has 1 rings (SSSR count). The van der Waals surface area contributed by atoms with Gasteiger partial charge in [-0.05, 0) is 31.7 Å². The highest BCUT2D eigenvalue weighted by atomic mass is 16.7. The third kappa shape index (κ3) is 5.42. The maximum absolute atomic E-state index is 8.09. The van der Waals surface area contributed by atoms with Crippen molar-refractivity contribution in [3.8, 4) is 0 Å². The first-order valence-corrected chi connectivity index (χ1v) is 5.22. The Morgan fingerprint density at radius 2 is 2.53 bits per heavy atom. The van der Waals surface area contributed by atoms with E-state index in [9.17, 15) is 0 Å². The molecule has 0 saturated carbocycles. The molecule has 1 atom stereocenters. The number of ether oxygens (including phenoxy) is 2. The first-order valence-electron chi connectivity index (χ1n) is 5.22. The molecule has 5 nitrogen and oxygen atoms in total. The molecule has 0 amide bonds. The van der Waals surface area contributed by atoms with Crippen molar-refractivity contribution in [2.75, 3.05) is 19.8 Å². The summed E-state index contributed by atoms with van der Waals surface area (Å²) in [6.07, 6.45) is 5.09. The summed E-state index contributed by atoms with van der Waals surface area (Å²) in [5, 5.41) is 3.42. The van der Waals surface area contributed by atoms with E-state index in [1.807, 2.05) is 13.0 Å². The Balaban J connectivity index is 2.17. The van der Waals surface area contributed by atoms with Gasteiger partial charge in [0.25, 0.3) is 0 Å². The fraction of sp³-hybridized carbons (Fsp3) is 0.800. The average molecular weight is 211 g/mol. The van der Waals surface area contributed by atoms with Gasteiger partial charge < -0.3 is 9.47 Å². The second-order valence-electron chi connectivity index (χ2n) is 3.57. The predicted molar refractivity (Wildman–Crippen MR) is 57.3 cm³/mol. The third-order valence-electron chi connectivity index (χ3n) is 2.22. The fourth-order valence-electron chi connectivity index (χ4n) is 1.36. The van der Waals surface area contributed by atoms with Gasteiger partial charge in [0.15, 0.2) is 6.29 Å². The molecule has 0 N–H and O–H groups in total. The SMILES string of the molecule is CC(=CCN=[N+]=[N-])COC1CCCCO1. The van der Waals surface area contributed by atoms with Gasteiger partial charge in [-0.3, -0.25) is 0 Å². The van der Waals surface area contributed by atoms with Crippen LogP contribution in [0.1, 0.15) is 26.2 Å². The molecule has 0 aromatic rings. The summed E-state index contributed by atoms with van der Waals surface area (Å²) in [7, 11) is 0. The van der Waals surface area contributed by atoms with E-state index in [-0.39, 0.29) is 6.29 Å². The molecule has 0 spiro atoms. The number of nitrogens with zero attached hydrogens (tertiary/aromatic N) is 3. The van der Waals surface area contributed by atoms with Crippen LogP contribution in [0.5, 0.6) is 0 Å². The molecule has 15 heavy (non-hydrogen) atoms. The Hall–Kier alpha value is -1.03. The summed E-state index contributed by atoms with van der Waals surface area (Å²) in [5.74, 6) is 0. The summed E-state index contributed by atoms with van der Waals surface area (Å²) in [5.41, 5.74) is 9.16. The molecule has 1 heterocycles. The molecule has 0 radical (unpaired) electrons. The summed E-state index contributed by atoms with van der Waals surface area (Å²) in [6.45, 7) is 3.69. The zero-order valence-corrected chi connectivity index (χ0v) is 9.06. The lowest BCUT2D eigenvalue weighted by molar-refractivity contribution is -0.156. The first kappa shape index (κ1) is 12.0. The molecule has 0 bridgehead atoms. The largest absolute Gasteiger partial charge is 0.353 e. The number of hydrogen-bond acceptors (Lipinski definition) is 3. The lowest BCUT2D eigenvalue weighted by atomic mass is 10.2. The maximum atomic E-state index is 8.09. The van der Waals surface area contributed by atoms with Crippen LogP contribution in [0.2, 0.25) is 0 Å². The lowest BCUT2D eigenvalue weighted by Crippen LogP contribution is -2.22. The molecule has 0 aromatic carbocycles. The summed E-state index contributed by atoms with van der Waals surface area (Å²) in [4.78, 5) is 2.67. The predicted octanol–water partition coefficient (Wildman–Crippen LogP) is 2.79. The van der Waals surface area contributed by atoms with Crippen LogP contribution in [-0.4, -0.2) is 26.0 Å². The highest BCUT2D eigenvalue weighted by Gasteiger charge is 2.13. The van der Waals surface area contributed by atoms with E-state index in [4.69, 9.17) is 15.0 Å².